The van der Waals surface area contributed by atoms with Crippen LogP contribution < -0.4 is 9.47 Å². The van der Waals surface area contributed by atoms with Crippen molar-refractivity contribution in [1.82, 2.24) is 9.97 Å². The summed E-state index contributed by atoms with van der Waals surface area (Å²) < 4.78 is 215. The molecule has 1 aromatic carbocycles. The third kappa shape index (κ3) is 12.0. The highest BCUT2D eigenvalue weighted by atomic mass is 19.4. The Hall–Kier alpha value is -3.53. The average molecular weight is 771 g/mol. The summed E-state index contributed by atoms with van der Waals surface area (Å²) in [6.45, 7) is -0.831. The Morgan fingerprint density at radius 3 is 1.71 bits per heavy atom. The van der Waals surface area contributed by atoms with Gasteiger partial charge in [-0.05, 0) is 56.9 Å². The van der Waals surface area contributed by atoms with Crippen LogP contribution in [-0.4, -0.2) is 78.9 Å². The molecule has 0 N–H and O–H groups in total. The number of nitrogens with zero attached hydrogens (tertiary/aromatic N) is 2. The molecule has 0 saturated heterocycles. The van der Waals surface area contributed by atoms with Crippen molar-refractivity contribution in [3.8, 4) is 22.9 Å². The van der Waals surface area contributed by atoms with E-state index in [-0.39, 0.29) is 18.8 Å². The Labute approximate surface area is 279 Å². The molecule has 0 radical (unpaired) electrons. The zero-order chi connectivity index (χ0) is 38.8. The number of benzene rings is 1. The van der Waals surface area contributed by atoms with Crippen LogP contribution in [0.25, 0.3) is 11.4 Å². The molecule has 0 bridgehead atoms. The van der Waals surface area contributed by atoms with Crippen LogP contribution in [0.2, 0.25) is 0 Å². The minimum absolute atomic E-state index is 0.247. The van der Waals surface area contributed by atoms with E-state index in [0.717, 1.165) is 25.7 Å². The number of alkyl halides is 15. The lowest BCUT2D eigenvalue weighted by Crippen LogP contribution is -2.64. The highest BCUT2D eigenvalue weighted by Crippen LogP contribution is 2.56. The predicted molar refractivity (Wildman–Crippen MR) is 145 cm³/mol. The zero-order valence-electron chi connectivity index (χ0n) is 26.1. The van der Waals surface area contributed by atoms with Gasteiger partial charge in [0, 0.05) is 12.0 Å². The van der Waals surface area contributed by atoms with E-state index in [9.17, 15) is 65.9 Å². The average Bonchev–Trinajstić information content (AvgIpc) is 3.01. The fourth-order valence-electron chi connectivity index (χ4n) is 3.60. The first-order valence-electron chi connectivity index (χ1n) is 14.5. The van der Waals surface area contributed by atoms with Crippen LogP contribution in [0.5, 0.6) is 11.5 Å². The number of rotatable bonds is 22. The van der Waals surface area contributed by atoms with Crippen LogP contribution in [0.1, 0.15) is 39.0 Å². The molecule has 0 aliphatic heterocycles. The highest BCUT2D eigenvalue weighted by Gasteiger charge is 2.85. The van der Waals surface area contributed by atoms with E-state index in [1.165, 1.54) is 24.5 Å². The molecule has 1 aromatic heterocycles. The lowest BCUT2D eigenvalue weighted by Gasteiger charge is -2.36. The van der Waals surface area contributed by atoms with E-state index < -0.39 is 55.7 Å². The van der Waals surface area contributed by atoms with Crippen molar-refractivity contribution in [2.24, 2.45) is 0 Å². The largest absolute Gasteiger partial charge is 0.494 e. The third-order valence-electron chi connectivity index (χ3n) is 6.22. The Morgan fingerprint density at radius 1 is 0.588 bits per heavy atom. The first-order valence-corrected chi connectivity index (χ1v) is 14.5. The summed E-state index contributed by atoms with van der Waals surface area (Å²) in [7, 11) is 0. The predicted octanol–water partition coefficient (Wildman–Crippen LogP) is 9.68. The summed E-state index contributed by atoms with van der Waals surface area (Å²) in [6, 6.07) is 6.10. The molecule has 0 aliphatic carbocycles. The van der Waals surface area contributed by atoms with Crippen LogP contribution in [0.3, 0.4) is 0 Å². The first-order chi connectivity index (χ1) is 23.4. The van der Waals surface area contributed by atoms with Crippen molar-refractivity contribution in [1.29, 1.82) is 0 Å². The standard InChI is InChI=1S/C29H29F15N2O5/c1-2-3-4-5-6-7-14-49-21-16-45-22(46-17-21)19-9-11-20(12-10-19)48-15-8-13-47-18-23(30,31)50-28(41,42)29(43,44)51-27(39,40)25(34,35)24(32,33)26(36,37)38/h2-3,9-12,16-17H,4-8,13-15,18H2,1H3/b3-2+. The number of hydrogen-bond acceptors (Lipinski definition) is 7. The fourth-order valence-corrected chi connectivity index (χ4v) is 3.60. The number of unbranched alkanes of at least 4 members (excludes halogenated alkanes) is 3. The van der Waals surface area contributed by atoms with Crippen LogP contribution in [-0.2, 0) is 14.2 Å². The van der Waals surface area contributed by atoms with Crippen LogP contribution in [0.4, 0.5) is 65.9 Å². The van der Waals surface area contributed by atoms with Crippen molar-refractivity contribution in [3.63, 3.8) is 0 Å². The molecule has 51 heavy (non-hydrogen) atoms. The summed E-state index contributed by atoms with van der Waals surface area (Å²) in [4.78, 5) is 8.43. The van der Waals surface area contributed by atoms with E-state index in [2.05, 4.69) is 25.5 Å². The molecular formula is C29H29F15N2O5. The molecule has 22 heteroatoms. The summed E-state index contributed by atoms with van der Waals surface area (Å²) in [5.41, 5.74) is 0.577. The normalized spacial score (nSPS) is 14.0. The van der Waals surface area contributed by atoms with Gasteiger partial charge in [0.1, 0.15) is 12.4 Å². The maximum absolute atomic E-state index is 13.7. The molecular weight excluding hydrogens is 741 g/mol. The number of aromatic nitrogens is 2. The van der Waals surface area contributed by atoms with Gasteiger partial charge in [-0.2, -0.15) is 65.9 Å². The van der Waals surface area contributed by atoms with E-state index >= 15 is 0 Å². The second kappa shape index (κ2) is 17.3. The Balaban J connectivity index is 1.80. The van der Waals surface area contributed by atoms with Crippen molar-refractivity contribution in [2.45, 2.75) is 81.5 Å². The number of halogens is 15. The van der Waals surface area contributed by atoms with E-state index in [4.69, 9.17) is 9.47 Å². The number of hydrogen-bond donors (Lipinski definition) is 0. The molecule has 0 saturated carbocycles. The van der Waals surface area contributed by atoms with Crippen LogP contribution >= 0.6 is 0 Å². The smallest absolute Gasteiger partial charge is 0.460 e. The molecule has 0 amide bonds. The Kier molecular flexibility index (Phi) is 14.8. The van der Waals surface area contributed by atoms with Gasteiger partial charge in [-0.15, -0.1) is 0 Å². The molecule has 0 aliphatic rings. The van der Waals surface area contributed by atoms with Gasteiger partial charge in [0.25, 0.3) is 0 Å². The van der Waals surface area contributed by atoms with Gasteiger partial charge in [0.2, 0.25) is 0 Å². The molecule has 1 heterocycles. The molecule has 290 valence electrons. The van der Waals surface area contributed by atoms with Crippen molar-refractivity contribution < 1.29 is 89.5 Å². The van der Waals surface area contributed by atoms with Crippen LogP contribution in [0.15, 0.2) is 48.8 Å². The first kappa shape index (κ1) is 43.6. The number of allylic oxidation sites excluding steroid dienone is 2. The molecule has 0 unspecified atom stereocenters. The topological polar surface area (TPSA) is 71.9 Å². The van der Waals surface area contributed by atoms with Gasteiger partial charge in [-0.3, -0.25) is 0 Å². The number of ether oxygens (including phenoxy) is 5. The minimum Gasteiger partial charge on any atom is -0.494 e. The second-order valence-corrected chi connectivity index (χ2v) is 10.3. The fraction of sp³-hybridized carbons (Fsp3) is 0.586. The van der Waals surface area contributed by atoms with Crippen molar-refractivity contribution in [3.05, 3.63) is 48.8 Å². The third-order valence-corrected chi connectivity index (χ3v) is 6.22. The SMILES string of the molecule is C/C=C/CCCCCOc1cnc(-c2ccc(OCCCOCC(F)(F)OC(F)(F)C(F)(F)OC(F)(F)C(F)(F)C(F)(F)C(F)(F)F)cc2)nc1. The van der Waals surface area contributed by atoms with Crippen molar-refractivity contribution >= 4 is 0 Å². The summed E-state index contributed by atoms with van der Waals surface area (Å²) >= 11 is 0. The quantitative estimate of drug-likeness (QED) is 0.0671. The highest BCUT2D eigenvalue weighted by molar-refractivity contribution is 5.56. The van der Waals surface area contributed by atoms with Gasteiger partial charge < -0.3 is 14.2 Å². The van der Waals surface area contributed by atoms with Gasteiger partial charge >= 0.3 is 42.5 Å². The summed E-state index contributed by atoms with van der Waals surface area (Å²) in [5, 5.41) is 0. The van der Waals surface area contributed by atoms with Crippen molar-refractivity contribution in [2.75, 3.05) is 26.4 Å². The van der Waals surface area contributed by atoms with Gasteiger partial charge in [-0.25, -0.2) is 19.4 Å². The molecule has 0 spiro atoms. The van der Waals surface area contributed by atoms with Gasteiger partial charge in [0.05, 0.1) is 32.2 Å². The molecule has 0 fully saturated rings. The van der Waals surface area contributed by atoms with E-state index in [1.807, 2.05) is 13.0 Å². The summed E-state index contributed by atoms with van der Waals surface area (Å²) in [6.07, 6.45) is -24.3. The Morgan fingerprint density at radius 2 is 1.14 bits per heavy atom. The summed E-state index contributed by atoms with van der Waals surface area (Å²) in [5.74, 6) is -14.6. The lowest BCUT2D eigenvalue weighted by atomic mass is 10.1. The zero-order valence-corrected chi connectivity index (χ0v) is 26.1. The van der Waals surface area contributed by atoms with E-state index in [1.54, 1.807) is 16.9 Å². The maximum atomic E-state index is 13.7. The van der Waals surface area contributed by atoms with Gasteiger partial charge in [-0.1, -0.05) is 12.2 Å². The van der Waals surface area contributed by atoms with E-state index in [0.29, 0.717) is 23.7 Å². The monoisotopic (exact) mass is 770 g/mol. The minimum atomic E-state index is -7.92. The maximum Gasteiger partial charge on any atom is 0.460 e. The molecule has 2 aromatic rings. The van der Waals surface area contributed by atoms with Crippen LogP contribution in [0, 0.1) is 0 Å². The molecule has 2 rings (SSSR count). The Bertz CT molecular complexity index is 1370. The second-order valence-electron chi connectivity index (χ2n) is 10.3. The molecule has 7 nitrogen and oxygen atoms in total. The van der Waals surface area contributed by atoms with Gasteiger partial charge in [0.15, 0.2) is 11.6 Å². The molecule has 0 atom stereocenters. The lowest BCUT2D eigenvalue weighted by molar-refractivity contribution is -0.543.